The van der Waals surface area contributed by atoms with Gasteiger partial charge >= 0.3 is 6.09 Å². The summed E-state index contributed by atoms with van der Waals surface area (Å²) in [6, 6.07) is 6.13. The van der Waals surface area contributed by atoms with E-state index < -0.39 is 16.6 Å². The van der Waals surface area contributed by atoms with Gasteiger partial charge in [-0.1, -0.05) is 20.8 Å². The topological polar surface area (TPSA) is 104 Å². The van der Waals surface area contributed by atoms with Crippen molar-refractivity contribution in [2.75, 3.05) is 6.61 Å². The zero-order valence-electron chi connectivity index (χ0n) is 15.9. The molecule has 2 unspecified atom stereocenters. The molecule has 1 aromatic carbocycles. The van der Waals surface area contributed by atoms with Crippen LogP contribution in [0.4, 0.5) is 10.5 Å². The van der Waals surface area contributed by atoms with Gasteiger partial charge in [-0.25, -0.2) is 4.79 Å². The Morgan fingerprint density at radius 2 is 1.96 bits per heavy atom. The fourth-order valence-corrected chi connectivity index (χ4v) is 4.81. The fraction of sp³-hybridized carbons (Fsp3) is 0.550. The zero-order chi connectivity index (χ0) is 20.0. The number of non-ortho nitro benzene ring substituents is 1. The number of nitrogens with zero attached hydrogens (tertiary/aromatic N) is 2. The van der Waals surface area contributed by atoms with Gasteiger partial charge in [-0.2, -0.15) is 0 Å². The number of amides is 1. The summed E-state index contributed by atoms with van der Waals surface area (Å²) in [7, 11) is 0. The van der Waals surface area contributed by atoms with Gasteiger partial charge in [0.2, 0.25) is 0 Å². The molecule has 0 radical (unpaired) electrons. The van der Waals surface area contributed by atoms with Crippen LogP contribution in [0.3, 0.4) is 0 Å². The van der Waals surface area contributed by atoms with Crippen LogP contribution in [0.1, 0.15) is 52.0 Å². The van der Waals surface area contributed by atoms with Gasteiger partial charge < -0.3 is 10.2 Å². The van der Waals surface area contributed by atoms with Gasteiger partial charge in [0.25, 0.3) is 5.69 Å². The van der Waals surface area contributed by atoms with Crippen molar-refractivity contribution in [2.45, 2.75) is 58.0 Å². The lowest BCUT2D eigenvalue weighted by Gasteiger charge is -2.48. The Balaban J connectivity index is 2.11. The number of carbonyl (C=O) groups is 1. The Hall–Kier alpha value is -2.41. The Kier molecular flexibility index (Phi) is 4.76. The quantitative estimate of drug-likeness (QED) is 0.613. The lowest BCUT2D eigenvalue weighted by atomic mass is 9.68. The first kappa shape index (κ1) is 19.4. The molecule has 2 heterocycles. The number of carboxylic acid groups (broad SMARTS) is 1. The van der Waals surface area contributed by atoms with Gasteiger partial charge in [0, 0.05) is 18.2 Å². The van der Waals surface area contributed by atoms with Gasteiger partial charge in [-0.3, -0.25) is 15.0 Å². The van der Waals surface area contributed by atoms with E-state index in [4.69, 9.17) is 0 Å². The largest absolute Gasteiger partial charge is 0.465 e. The van der Waals surface area contributed by atoms with E-state index in [2.05, 4.69) is 20.8 Å². The van der Waals surface area contributed by atoms with E-state index in [0.717, 1.165) is 29.6 Å². The third-order valence-corrected chi connectivity index (χ3v) is 6.31. The molecular weight excluding hydrogens is 348 g/mol. The van der Waals surface area contributed by atoms with Crippen molar-refractivity contribution < 1.29 is 19.9 Å². The van der Waals surface area contributed by atoms with Crippen LogP contribution in [0.2, 0.25) is 0 Å². The van der Waals surface area contributed by atoms with Crippen LogP contribution < -0.4 is 0 Å². The van der Waals surface area contributed by atoms with Crippen LogP contribution in [0.25, 0.3) is 5.57 Å². The van der Waals surface area contributed by atoms with Gasteiger partial charge in [-0.05, 0) is 59.9 Å². The van der Waals surface area contributed by atoms with Crippen molar-refractivity contribution in [1.82, 2.24) is 4.90 Å². The van der Waals surface area contributed by atoms with E-state index in [9.17, 15) is 25.1 Å². The SMILES string of the molecule is CC(C)(C)C12CCC(CC(c3ccc([N+](=O)[O-])cc3)=C(CO)C1)N2C(=O)O. The lowest BCUT2D eigenvalue weighted by molar-refractivity contribution is -0.384. The molecule has 2 atom stereocenters. The zero-order valence-corrected chi connectivity index (χ0v) is 15.9. The summed E-state index contributed by atoms with van der Waals surface area (Å²) in [4.78, 5) is 24.2. The molecule has 1 amide bonds. The second-order valence-electron chi connectivity index (χ2n) is 8.55. The van der Waals surface area contributed by atoms with Crippen molar-refractivity contribution >= 4 is 17.4 Å². The summed E-state index contributed by atoms with van der Waals surface area (Å²) in [6.07, 6.45) is 1.61. The molecule has 2 bridgehead atoms. The van der Waals surface area contributed by atoms with Crippen molar-refractivity contribution in [3.63, 3.8) is 0 Å². The number of fused-ring (bicyclic) bond motifs is 2. The highest BCUT2D eigenvalue weighted by molar-refractivity contribution is 5.74. The van der Waals surface area contributed by atoms with Gasteiger partial charge in [-0.15, -0.1) is 0 Å². The smallest absolute Gasteiger partial charge is 0.408 e. The van der Waals surface area contributed by atoms with Crippen LogP contribution >= 0.6 is 0 Å². The molecule has 7 heteroatoms. The second-order valence-corrected chi connectivity index (χ2v) is 8.55. The maximum atomic E-state index is 12.1. The lowest BCUT2D eigenvalue weighted by Crippen LogP contribution is -2.57. The maximum absolute atomic E-state index is 12.1. The Labute approximate surface area is 158 Å². The standard InChI is InChI=1S/C20H26N2O5/c1-19(2,3)20-9-8-16(21(20)18(24)25)10-17(14(11-20)12-23)13-4-6-15(7-5-13)22(26)27/h4-7,16,23H,8-12H2,1-3H3,(H,24,25). The number of nitro groups is 1. The van der Waals surface area contributed by atoms with Crippen LogP contribution in [0, 0.1) is 15.5 Å². The first-order valence-electron chi connectivity index (χ1n) is 9.19. The van der Waals surface area contributed by atoms with E-state index in [1.165, 1.54) is 12.1 Å². The van der Waals surface area contributed by atoms with Crippen molar-refractivity contribution in [3.05, 3.63) is 45.5 Å². The number of benzene rings is 1. The minimum atomic E-state index is -0.922. The Morgan fingerprint density at radius 1 is 1.33 bits per heavy atom. The fourth-order valence-electron chi connectivity index (χ4n) is 4.81. The molecule has 1 saturated heterocycles. The summed E-state index contributed by atoms with van der Waals surface area (Å²) in [5, 5.41) is 31.0. The van der Waals surface area contributed by atoms with E-state index in [-0.39, 0.29) is 23.8 Å². The van der Waals surface area contributed by atoms with Crippen molar-refractivity contribution in [3.8, 4) is 0 Å². The Bertz CT molecular complexity index is 794. The molecule has 0 aliphatic carbocycles. The summed E-state index contributed by atoms with van der Waals surface area (Å²) in [6.45, 7) is 6.01. The molecule has 146 valence electrons. The number of nitro benzene ring substituents is 1. The number of aliphatic hydroxyl groups is 1. The minimum Gasteiger partial charge on any atom is -0.465 e. The second kappa shape index (κ2) is 6.64. The average molecular weight is 374 g/mol. The predicted molar refractivity (Wildman–Crippen MR) is 101 cm³/mol. The number of hydrogen-bond acceptors (Lipinski definition) is 4. The minimum absolute atomic E-state index is 0.0124. The van der Waals surface area contributed by atoms with Gasteiger partial charge in [0.15, 0.2) is 0 Å². The molecule has 1 fully saturated rings. The van der Waals surface area contributed by atoms with E-state index in [1.54, 1.807) is 17.0 Å². The third-order valence-electron chi connectivity index (χ3n) is 6.31. The van der Waals surface area contributed by atoms with E-state index >= 15 is 0 Å². The molecule has 1 aromatic rings. The molecule has 27 heavy (non-hydrogen) atoms. The van der Waals surface area contributed by atoms with E-state index in [0.29, 0.717) is 12.8 Å². The van der Waals surface area contributed by atoms with Crippen LogP contribution in [-0.4, -0.2) is 44.3 Å². The van der Waals surface area contributed by atoms with Crippen molar-refractivity contribution in [1.29, 1.82) is 0 Å². The summed E-state index contributed by atoms with van der Waals surface area (Å²) in [5.74, 6) is 0. The summed E-state index contributed by atoms with van der Waals surface area (Å²) < 4.78 is 0. The molecule has 2 N–H and O–H groups in total. The highest BCUT2D eigenvalue weighted by Gasteiger charge is 2.57. The molecule has 2 aliphatic heterocycles. The monoisotopic (exact) mass is 374 g/mol. The number of rotatable bonds is 3. The maximum Gasteiger partial charge on any atom is 0.408 e. The van der Waals surface area contributed by atoms with Gasteiger partial charge in [0.05, 0.1) is 17.1 Å². The molecule has 0 saturated carbocycles. The van der Waals surface area contributed by atoms with Gasteiger partial charge in [0.1, 0.15) is 0 Å². The summed E-state index contributed by atoms with van der Waals surface area (Å²) in [5.41, 5.74) is 1.71. The highest BCUT2D eigenvalue weighted by Crippen LogP contribution is 2.54. The Morgan fingerprint density at radius 3 is 2.44 bits per heavy atom. The molecule has 7 nitrogen and oxygen atoms in total. The number of hydrogen-bond donors (Lipinski definition) is 2. The molecule has 2 aliphatic rings. The van der Waals surface area contributed by atoms with Crippen LogP contribution in [-0.2, 0) is 0 Å². The molecule has 0 aromatic heterocycles. The average Bonchev–Trinajstić information content (AvgIpc) is 2.88. The van der Waals surface area contributed by atoms with Crippen LogP contribution in [0.15, 0.2) is 29.8 Å². The normalized spacial score (nSPS) is 25.5. The first-order chi connectivity index (χ1) is 12.6. The van der Waals surface area contributed by atoms with Crippen LogP contribution in [0.5, 0.6) is 0 Å². The number of aliphatic hydroxyl groups excluding tert-OH is 1. The van der Waals surface area contributed by atoms with Crippen molar-refractivity contribution in [2.24, 2.45) is 5.41 Å². The first-order valence-corrected chi connectivity index (χ1v) is 9.19. The molecular formula is C20H26N2O5. The molecule has 0 spiro atoms. The highest BCUT2D eigenvalue weighted by atomic mass is 16.6. The molecule has 3 rings (SSSR count). The summed E-state index contributed by atoms with van der Waals surface area (Å²) >= 11 is 0. The predicted octanol–water partition coefficient (Wildman–Crippen LogP) is 4.06. The van der Waals surface area contributed by atoms with E-state index in [1.807, 2.05) is 0 Å². The third kappa shape index (κ3) is 3.10.